The third-order valence-corrected chi connectivity index (χ3v) is 6.47. The maximum absolute atomic E-state index is 13.0. The van der Waals surface area contributed by atoms with Crippen LogP contribution in [0.15, 0.2) is 41.2 Å². The molecule has 0 radical (unpaired) electrons. The second kappa shape index (κ2) is 7.65. The molecule has 0 bridgehead atoms. The molecule has 29 heavy (non-hydrogen) atoms. The van der Waals surface area contributed by atoms with Crippen molar-refractivity contribution in [3.63, 3.8) is 0 Å². The number of hydrogen-bond acceptors (Lipinski definition) is 4. The number of carbonyl (C=O) groups is 1. The van der Waals surface area contributed by atoms with Crippen LogP contribution in [0, 0.1) is 11.8 Å². The van der Waals surface area contributed by atoms with Gasteiger partial charge in [0, 0.05) is 31.6 Å². The Balaban J connectivity index is 1.17. The van der Waals surface area contributed by atoms with E-state index in [0.29, 0.717) is 25.0 Å². The summed E-state index contributed by atoms with van der Waals surface area (Å²) in [5.41, 5.74) is 2.15. The van der Waals surface area contributed by atoms with E-state index in [1.165, 1.54) is 12.8 Å². The Kier molecular flexibility index (Phi) is 4.86. The van der Waals surface area contributed by atoms with Gasteiger partial charge in [-0.25, -0.2) is 4.68 Å². The lowest BCUT2D eigenvalue weighted by molar-refractivity contribution is -0.138. The molecular weight excluding hydrogens is 366 g/mol. The van der Waals surface area contributed by atoms with Crippen molar-refractivity contribution in [3.8, 4) is 5.75 Å². The van der Waals surface area contributed by atoms with Crippen molar-refractivity contribution < 1.29 is 9.53 Å². The highest BCUT2D eigenvalue weighted by molar-refractivity contribution is 5.80. The van der Waals surface area contributed by atoms with Gasteiger partial charge in [-0.1, -0.05) is 18.2 Å². The Morgan fingerprint density at radius 2 is 1.86 bits per heavy atom. The maximum Gasteiger partial charge on any atom is 0.266 e. The summed E-state index contributed by atoms with van der Waals surface area (Å²) in [6, 6.07) is 11.5. The van der Waals surface area contributed by atoms with E-state index in [1.807, 2.05) is 35.2 Å². The number of ether oxygens (including phenoxy) is 1. The van der Waals surface area contributed by atoms with Crippen molar-refractivity contribution in [2.24, 2.45) is 11.8 Å². The minimum atomic E-state index is -0.0963. The summed E-state index contributed by atoms with van der Waals surface area (Å²) in [5.74, 6) is 1.94. The molecule has 2 aromatic rings. The zero-order valence-electron chi connectivity index (χ0n) is 16.6. The SMILES string of the molecule is O=C(C1COc2ccccc2C1)N1CCC(Cn2nc(C3CC3)ccc2=O)CC1. The molecule has 3 aliphatic rings. The lowest BCUT2D eigenvalue weighted by atomic mass is 9.92. The minimum absolute atomic E-state index is 0.0223. The van der Waals surface area contributed by atoms with Gasteiger partial charge in [-0.15, -0.1) is 0 Å². The summed E-state index contributed by atoms with van der Waals surface area (Å²) in [5, 5.41) is 4.58. The van der Waals surface area contributed by atoms with Gasteiger partial charge < -0.3 is 9.64 Å². The van der Waals surface area contributed by atoms with Crippen LogP contribution in [0.4, 0.5) is 0 Å². The number of hydrogen-bond donors (Lipinski definition) is 0. The van der Waals surface area contributed by atoms with Gasteiger partial charge in [-0.05, 0) is 55.7 Å². The first-order valence-corrected chi connectivity index (χ1v) is 10.7. The first-order valence-electron chi connectivity index (χ1n) is 10.7. The molecule has 152 valence electrons. The predicted molar refractivity (Wildman–Crippen MR) is 109 cm³/mol. The number of benzene rings is 1. The van der Waals surface area contributed by atoms with E-state index in [9.17, 15) is 9.59 Å². The molecule has 6 nitrogen and oxygen atoms in total. The minimum Gasteiger partial charge on any atom is -0.492 e. The van der Waals surface area contributed by atoms with Gasteiger partial charge in [0.05, 0.1) is 11.6 Å². The Morgan fingerprint density at radius 1 is 1.07 bits per heavy atom. The van der Waals surface area contributed by atoms with Crippen LogP contribution in [0.25, 0.3) is 0 Å². The molecule has 3 heterocycles. The topological polar surface area (TPSA) is 64.4 Å². The first kappa shape index (κ1) is 18.4. The van der Waals surface area contributed by atoms with E-state index in [1.54, 1.807) is 10.7 Å². The normalized spacial score (nSPS) is 22.1. The van der Waals surface area contributed by atoms with E-state index in [4.69, 9.17) is 4.74 Å². The Hall–Kier alpha value is -2.63. The highest BCUT2D eigenvalue weighted by Crippen LogP contribution is 2.38. The molecule has 6 heteroatoms. The van der Waals surface area contributed by atoms with Gasteiger partial charge in [0.1, 0.15) is 12.4 Å². The second-order valence-corrected chi connectivity index (χ2v) is 8.64. The average Bonchev–Trinajstić information content (AvgIpc) is 3.60. The predicted octanol–water partition coefficient (Wildman–Crippen LogP) is 2.61. The van der Waals surface area contributed by atoms with Crippen LogP contribution in [0.2, 0.25) is 0 Å². The van der Waals surface area contributed by atoms with Gasteiger partial charge in [0.25, 0.3) is 5.56 Å². The lowest BCUT2D eigenvalue weighted by Gasteiger charge is -2.35. The maximum atomic E-state index is 13.0. The molecule has 1 saturated heterocycles. The Labute approximate surface area is 170 Å². The third-order valence-electron chi connectivity index (χ3n) is 6.47. The van der Waals surface area contributed by atoms with E-state index in [2.05, 4.69) is 5.10 Å². The summed E-state index contributed by atoms with van der Waals surface area (Å²) in [7, 11) is 0. The monoisotopic (exact) mass is 393 g/mol. The van der Waals surface area contributed by atoms with Crippen molar-refractivity contribution >= 4 is 5.91 Å². The third kappa shape index (κ3) is 3.93. The number of likely N-dealkylation sites (tertiary alicyclic amines) is 1. The van der Waals surface area contributed by atoms with Crippen molar-refractivity contribution in [2.45, 2.75) is 44.6 Å². The van der Waals surface area contributed by atoms with Gasteiger partial charge in [0.2, 0.25) is 5.91 Å². The zero-order chi connectivity index (χ0) is 19.8. The fraction of sp³-hybridized carbons (Fsp3) is 0.522. The summed E-state index contributed by atoms with van der Waals surface area (Å²) in [6.45, 7) is 2.61. The number of rotatable bonds is 4. The first-order chi connectivity index (χ1) is 14.2. The Bertz CT molecular complexity index is 958. The molecule has 1 unspecified atom stereocenters. The summed E-state index contributed by atoms with van der Waals surface area (Å²) in [4.78, 5) is 27.2. The van der Waals surface area contributed by atoms with E-state index >= 15 is 0 Å². The molecule has 1 aromatic heterocycles. The largest absolute Gasteiger partial charge is 0.492 e. The van der Waals surface area contributed by atoms with Crippen molar-refractivity contribution in [1.82, 2.24) is 14.7 Å². The number of nitrogens with zero attached hydrogens (tertiary/aromatic N) is 3. The van der Waals surface area contributed by atoms with Gasteiger partial charge >= 0.3 is 0 Å². The number of para-hydroxylation sites is 1. The number of carbonyl (C=O) groups excluding carboxylic acids is 1. The number of piperidine rings is 1. The highest BCUT2D eigenvalue weighted by atomic mass is 16.5. The van der Waals surface area contributed by atoms with Gasteiger partial charge in [-0.2, -0.15) is 5.10 Å². The van der Waals surface area contributed by atoms with Crippen molar-refractivity contribution in [3.05, 3.63) is 58.0 Å². The van der Waals surface area contributed by atoms with Crippen LogP contribution in [-0.2, 0) is 17.8 Å². The standard InChI is InChI=1S/C23H27N3O3/c27-22-8-7-20(17-5-6-17)24-26(22)14-16-9-11-25(12-10-16)23(28)19-13-18-3-1-2-4-21(18)29-15-19/h1-4,7-8,16-17,19H,5-6,9-15H2. The van der Waals surface area contributed by atoms with Crippen LogP contribution in [-0.4, -0.2) is 40.3 Å². The fourth-order valence-electron chi connectivity index (χ4n) is 4.52. The van der Waals surface area contributed by atoms with Crippen LogP contribution < -0.4 is 10.3 Å². The quantitative estimate of drug-likeness (QED) is 0.801. The summed E-state index contributed by atoms with van der Waals surface area (Å²) >= 11 is 0. The van der Waals surface area contributed by atoms with Crippen LogP contribution in [0.1, 0.15) is 42.9 Å². The molecule has 5 rings (SSSR count). The number of amides is 1. The van der Waals surface area contributed by atoms with Crippen molar-refractivity contribution in [1.29, 1.82) is 0 Å². The Morgan fingerprint density at radius 3 is 2.66 bits per heavy atom. The number of aromatic nitrogens is 2. The van der Waals surface area contributed by atoms with Crippen LogP contribution in [0.5, 0.6) is 5.75 Å². The zero-order valence-corrected chi connectivity index (χ0v) is 16.6. The molecule has 1 amide bonds. The average molecular weight is 393 g/mol. The van der Waals surface area contributed by atoms with Gasteiger partial charge in [0.15, 0.2) is 0 Å². The lowest BCUT2D eigenvalue weighted by Crippen LogP contribution is -2.45. The van der Waals surface area contributed by atoms with Gasteiger partial charge in [-0.3, -0.25) is 9.59 Å². The van der Waals surface area contributed by atoms with E-state index in [0.717, 1.165) is 49.4 Å². The van der Waals surface area contributed by atoms with Crippen LogP contribution >= 0.6 is 0 Å². The van der Waals surface area contributed by atoms with Crippen LogP contribution in [0.3, 0.4) is 0 Å². The molecule has 0 spiro atoms. The molecule has 2 fully saturated rings. The fourth-order valence-corrected chi connectivity index (χ4v) is 4.52. The van der Waals surface area contributed by atoms with E-state index < -0.39 is 0 Å². The molecule has 0 N–H and O–H groups in total. The second-order valence-electron chi connectivity index (χ2n) is 8.64. The van der Waals surface area contributed by atoms with Crippen molar-refractivity contribution in [2.75, 3.05) is 19.7 Å². The smallest absolute Gasteiger partial charge is 0.266 e. The molecule has 2 aliphatic heterocycles. The molecule has 1 aliphatic carbocycles. The molecular formula is C23H27N3O3. The molecule has 1 saturated carbocycles. The summed E-state index contributed by atoms with van der Waals surface area (Å²) in [6.07, 6.45) is 4.94. The molecule has 1 atom stereocenters. The molecule has 1 aromatic carbocycles. The summed E-state index contributed by atoms with van der Waals surface area (Å²) < 4.78 is 7.44. The number of fused-ring (bicyclic) bond motifs is 1. The highest BCUT2D eigenvalue weighted by Gasteiger charge is 2.32. The van der Waals surface area contributed by atoms with E-state index in [-0.39, 0.29) is 17.4 Å².